The number of benzene rings is 3. The molecule has 0 N–H and O–H groups in total. The zero-order valence-corrected chi connectivity index (χ0v) is 19.3. The summed E-state index contributed by atoms with van der Waals surface area (Å²) in [7, 11) is 1.65. The summed E-state index contributed by atoms with van der Waals surface area (Å²) in [5.74, 6) is 0.815. The molecule has 32 heavy (non-hydrogen) atoms. The number of rotatable bonds is 13. The van der Waals surface area contributed by atoms with Crippen LogP contribution in [0.3, 0.4) is 0 Å². The maximum Gasteiger partial charge on any atom is 0.196 e. The molecule has 168 valence electrons. The summed E-state index contributed by atoms with van der Waals surface area (Å²) in [6.07, 6.45) is 1.82. The van der Waals surface area contributed by atoms with Gasteiger partial charge in [0.05, 0.1) is 26.4 Å². The third-order valence-electron chi connectivity index (χ3n) is 4.94. The van der Waals surface area contributed by atoms with Crippen molar-refractivity contribution >= 4 is 16.9 Å². The molecule has 0 unspecified atom stereocenters. The van der Waals surface area contributed by atoms with Crippen LogP contribution < -0.4 is 4.74 Å². The summed E-state index contributed by atoms with van der Waals surface area (Å²) < 4.78 is 17.2. The number of carbonyl (C=O) groups excluding carboxylic acids is 1. The van der Waals surface area contributed by atoms with E-state index in [1.807, 2.05) is 72.8 Å². The van der Waals surface area contributed by atoms with Crippen molar-refractivity contribution in [3.05, 3.63) is 96.1 Å². The van der Waals surface area contributed by atoms with E-state index in [4.69, 9.17) is 14.2 Å². The van der Waals surface area contributed by atoms with Crippen molar-refractivity contribution in [3.63, 3.8) is 0 Å². The molecule has 0 aliphatic rings. The lowest BCUT2D eigenvalue weighted by Crippen LogP contribution is -2.17. The van der Waals surface area contributed by atoms with Gasteiger partial charge in [0.2, 0.25) is 0 Å². The lowest BCUT2D eigenvalue weighted by molar-refractivity contribution is -0.114. The SMILES string of the molecule is COc1ccc(CO[C@H](CCCOCc2ccccc2)CC(=O)Sc2ccccc2)cc1. The van der Waals surface area contributed by atoms with Gasteiger partial charge < -0.3 is 14.2 Å². The molecule has 0 aliphatic carbocycles. The maximum absolute atomic E-state index is 12.6. The molecule has 0 amide bonds. The maximum atomic E-state index is 12.6. The molecule has 0 saturated heterocycles. The molecule has 0 aromatic heterocycles. The van der Waals surface area contributed by atoms with Crippen LogP contribution >= 0.6 is 11.8 Å². The third kappa shape index (κ3) is 8.87. The van der Waals surface area contributed by atoms with Crippen LogP contribution in [0, 0.1) is 0 Å². The fourth-order valence-electron chi connectivity index (χ4n) is 3.21. The summed E-state index contributed by atoms with van der Waals surface area (Å²) in [5.41, 5.74) is 2.22. The highest BCUT2D eigenvalue weighted by atomic mass is 32.2. The van der Waals surface area contributed by atoms with Crippen LogP contribution in [0.1, 0.15) is 30.4 Å². The van der Waals surface area contributed by atoms with E-state index in [1.54, 1.807) is 7.11 Å². The van der Waals surface area contributed by atoms with Crippen LogP contribution in [0.2, 0.25) is 0 Å². The van der Waals surface area contributed by atoms with Gasteiger partial charge in [-0.1, -0.05) is 72.4 Å². The predicted molar refractivity (Wildman–Crippen MR) is 129 cm³/mol. The fraction of sp³-hybridized carbons (Fsp3) is 0.296. The van der Waals surface area contributed by atoms with Gasteiger partial charge in [0.25, 0.3) is 0 Å². The standard InChI is InChI=1S/C27H30O4S/c1-29-24-16-14-23(15-17-24)21-31-25(19-27(28)32-26-12-6-3-7-13-26)11-8-18-30-20-22-9-4-2-5-10-22/h2-7,9-10,12-17,25H,8,11,18-21H2,1H3/t25-/m1/s1. The molecule has 4 nitrogen and oxygen atoms in total. The number of carbonyl (C=O) groups is 1. The molecule has 5 heteroatoms. The first-order chi connectivity index (χ1) is 15.7. The van der Waals surface area contributed by atoms with Crippen molar-refractivity contribution in [2.75, 3.05) is 13.7 Å². The molecule has 0 spiro atoms. The monoisotopic (exact) mass is 450 g/mol. The number of methoxy groups -OCH3 is 1. The quantitative estimate of drug-likeness (QED) is 0.226. The lowest BCUT2D eigenvalue weighted by Gasteiger charge is -2.18. The van der Waals surface area contributed by atoms with E-state index < -0.39 is 0 Å². The summed E-state index contributed by atoms with van der Waals surface area (Å²) in [4.78, 5) is 13.6. The second-order valence-corrected chi connectivity index (χ2v) is 8.58. The van der Waals surface area contributed by atoms with Gasteiger partial charge in [0.15, 0.2) is 5.12 Å². The summed E-state index contributed by atoms with van der Waals surface area (Å²) in [5, 5.41) is 0.112. The first-order valence-corrected chi connectivity index (χ1v) is 11.7. The Morgan fingerprint density at radius 3 is 2.19 bits per heavy atom. The van der Waals surface area contributed by atoms with Gasteiger partial charge >= 0.3 is 0 Å². The van der Waals surface area contributed by atoms with Crippen LogP contribution in [-0.2, 0) is 27.5 Å². The largest absolute Gasteiger partial charge is 0.497 e. The average molecular weight is 451 g/mol. The van der Waals surface area contributed by atoms with Crippen molar-refractivity contribution in [2.24, 2.45) is 0 Å². The van der Waals surface area contributed by atoms with Crippen molar-refractivity contribution in [1.29, 1.82) is 0 Å². The van der Waals surface area contributed by atoms with Gasteiger partial charge in [0.1, 0.15) is 5.75 Å². The Labute approximate surface area is 194 Å². The molecule has 3 aromatic rings. The minimum Gasteiger partial charge on any atom is -0.497 e. The van der Waals surface area contributed by atoms with Crippen molar-refractivity contribution in [3.8, 4) is 5.75 Å². The highest BCUT2D eigenvalue weighted by molar-refractivity contribution is 8.13. The Bertz CT molecular complexity index is 913. The minimum atomic E-state index is -0.152. The number of ether oxygens (including phenoxy) is 3. The molecule has 0 saturated carbocycles. The molecule has 0 bridgehead atoms. The topological polar surface area (TPSA) is 44.8 Å². The Morgan fingerprint density at radius 1 is 0.844 bits per heavy atom. The van der Waals surface area contributed by atoms with Crippen LogP contribution in [-0.4, -0.2) is 24.9 Å². The van der Waals surface area contributed by atoms with Crippen LogP contribution in [0.4, 0.5) is 0 Å². The van der Waals surface area contributed by atoms with Gasteiger partial charge in [0, 0.05) is 17.9 Å². The Balaban J connectivity index is 1.48. The zero-order valence-electron chi connectivity index (χ0n) is 18.4. The fourth-order valence-corrected chi connectivity index (χ4v) is 4.03. The van der Waals surface area contributed by atoms with E-state index in [0.29, 0.717) is 26.2 Å². The second-order valence-electron chi connectivity index (χ2n) is 7.45. The van der Waals surface area contributed by atoms with Gasteiger partial charge in [-0.2, -0.15) is 0 Å². The van der Waals surface area contributed by atoms with Crippen molar-refractivity contribution in [2.45, 2.75) is 43.5 Å². The molecule has 0 heterocycles. The third-order valence-corrected chi connectivity index (χ3v) is 5.84. The van der Waals surface area contributed by atoms with E-state index in [-0.39, 0.29) is 11.2 Å². The highest BCUT2D eigenvalue weighted by Gasteiger charge is 2.16. The molecule has 0 aliphatic heterocycles. The molecule has 3 aromatic carbocycles. The first-order valence-electron chi connectivity index (χ1n) is 10.8. The molecular formula is C27H30O4S. The molecule has 3 rings (SSSR count). The molecular weight excluding hydrogens is 420 g/mol. The number of thioether (sulfide) groups is 1. The summed E-state index contributed by atoms with van der Waals surface area (Å²) >= 11 is 1.27. The first kappa shape index (κ1) is 24.1. The summed E-state index contributed by atoms with van der Waals surface area (Å²) in [6, 6.07) is 27.7. The van der Waals surface area contributed by atoms with Crippen LogP contribution in [0.5, 0.6) is 5.75 Å². The highest BCUT2D eigenvalue weighted by Crippen LogP contribution is 2.23. The van der Waals surface area contributed by atoms with Crippen molar-refractivity contribution in [1.82, 2.24) is 0 Å². The van der Waals surface area contributed by atoms with Crippen LogP contribution in [0.25, 0.3) is 0 Å². The van der Waals surface area contributed by atoms with Gasteiger partial charge in [-0.15, -0.1) is 0 Å². The normalized spacial score (nSPS) is 11.8. The summed E-state index contributed by atoms with van der Waals surface area (Å²) in [6.45, 7) is 1.70. The molecule has 0 radical (unpaired) electrons. The predicted octanol–water partition coefficient (Wildman–Crippen LogP) is 6.29. The van der Waals surface area contributed by atoms with E-state index in [2.05, 4.69) is 12.1 Å². The van der Waals surface area contributed by atoms with Crippen molar-refractivity contribution < 1.29 is 19.0 Å². The Hall–Kier alpha value is -2.60. The second kappa shape index (κ2) is 13.7. The molecule has 0 fully saturated rings. The van der Waals surface area contributed by atoms with Gasteiger partial charge in [-0.05, 0) is 48.2 Å². The van der Waals surface area contributed by atoms with E-state index in [9.17, 15) is 4.79 Å². The number of hydrogen-bond acceptors (Lipinski definition) is 5. The smallest absolute Gasteiger partial charge is 0.196 e. The average Bonchev–Trinajstić information content (AvgIpc) is 2.83. The lowest BCUT2D eigenvalue weighted by atomic mass is 10.1. The van der Waals surface area contributed by atoms with E-state index >= 15 is 0 Å². The molecule has 1 atom stereocenters. The minimum absolute atomic E-state index is 0.112. The van der Waals surface area contributed by atoms with E-state index in [0.717, 1.165) is 34.6 Å². The van der Waals surface area contributed by atoms with Gasteiger partial charge in [-0.3, -0.25) is 4.79 Å². The van der Waals surface area contributed by atoms with Gasteiger partial charge in [-0.25, -0.2) is 0 Å². The Morgan fingerprint density at radius 2 is 1.50 bits per heavy atom. The van der Waals surface area contributed by atoms with E-state index in [1.165, 1.54) is 11.8 Å². The van der Waals surface area contributed by atoms with Crippen LogP contribution in [0.15, 0.2) is 89.8 Å². The zero-order chi connectivity index (χ0) is 22.4. The Kier molecular flexibility index (Phi) is 10.3. The number of hydrogen-bond donors (Lipinski definition) is 0.